The van der Waals surface area contributed by atoms with Crippen LogP contribution in [0.1, 0.15) is 0 Å². The van der Waals surface area contributed by atoms with Crippen molar-refractivity contribution in [3.05, 3.63) is 24.3 Å². The van der Waals surface area contributed by atoms with E-state index in [-0.39, 0.29) is 0 Å². The van der Waals surface area contributed by atoms with Gasteiger partial charge in [-0.25, -0.2) is 13.6 Å². The molecule has 130 valence electrons. The number of hydrogen-bond acceptors (Lipinski definition) is 3. The Kier molecular flexibility index (Phi) is 4.69. The highest BCUT2D eigenvalue weighted by atomic mass is 32.2. The molecule has 3 N–H and O–H groups in total. The molecule has 0 aliphatic rings. The molecule has 0 atom stereocenters. The van der Waals surface area contributed by atoms with Gasteiger partial charge in [-0.2, -0.15) is 30.7 Å². The zero-order chi connectivity index (χ0) is 18.3. The molecule has 0 aliphatic heterocycles. The Morgan fingerprint density at radius 1 is 0.957 bits per heavy atom. The molecule has 0 fully saturated rings. The number of rotatable bonds is 4. The first-order valence-electron chi connectivity index (χ1n) is 5.37. The van der Waals surface area contributed by atoms with Crippen LogP contribution in [-0.4, -0.2) is 32.3 Å². The lowest BCUT2D eigenvalue weighted by molar-refractivity contribution is -0.343. The molecule has 1 amide bonds. The van der Waals surface area contributed by atoms with Gasteiger partial charge in [0.15, 0.2) is 0 Å². The van der Waals surface area contributed by atoms with Gasteiger partial charge in [0.05, 0.1) is 4.90 Å². The largest absolute Gasteiger partial charge is 0.460 e. The molecule has 13 heteroatoms. The number of carbonyl (C=O) groups is 1. The van der Waals surface area contributed by atoms with Gasteiger partial charge in [-0.05, 0) is 24.3 Å². The summed E-state index contributed by atoms with van der Waals surface area (Å²) in [7, 11) is -4.15. The van der Waals surface area contributed by atoms with Crippen LogP contribution in [0.2, 0.25) is 0 Å². The lowest BCUT2D eigenvalue weighted by Gasteiger charge is -2.27. The van der Waals surface area contributed by atoms with Crippen LogP contribution in [0.3, 0.4) is 0 Å². The Morgan fingerprint density at radius 2 is 1.39 bits per heavy atom. The summed E-state index contributed by atoms with van der Waals surface area (Å²) in [5, 5.41) is 5.86. The van der Waals surface area contributed by atoms with Gasteiger partial charge in [0.25, 0.3) is 0 Å². The minimum Gasteiger partial charge on any atom is -0.321 e. The molecule has 0 unspecified atom stereocenters. The summed E-state index contributed by atoms with van der Waals surface area (Å²) in [5.74, 6) is -15.6. The van der Waals surface area contributed by atoms with E-state index < -0.39 is 44.5 Å². The first-order valence-corrected chi connectivity index (χ1v) is 6.92. The van der Waals surface area contributed by atoms with Crippen LogP contribution >= 0.6 is 0 Å². The van der Waals surface area contributed by atoms with Gasteiger partial charge in [0, 0.05) is 5.69 Å². The minimum atomic E-state index is -6.65. The average Bonchev–Trinajstić information content (AvgIpc) is 2.36. The number of primary sulfonamides is 1. The number of hydrogen-bond donors (Lipinski definition) is 2. The van der Waals surface area contributed by atoms with Crippen molar-refractivity contribution in [3.63, 3.8) is 0 Å². The van der Waals surface area contributed by atoms with Crippen LogP contribution in [0.5, 0.6) is 0 Å². The molecule has 0 aliphatic carbocycles. The normalized spacial score (nSPS) is 13.7. The van der Waals surface area contributed by atoms with E-state index >= 15 is 0 Å². The predicted molar refractivity (Wildman–Crippen MR) is 62.4 cm³/mol. The first kappa shape index (κ1) is 19.2. The SMILES string of the molecule is NS(=O)(=O)c1ccc(NC(=O)C(F)(F)C(F)(F)C(F)(F)F)cc1. The molecule has 0 saturated carbocycles. The van der Waals surface area contributed by atoms with Crippen molar-refractivity contribution in [2.45, 2.75) is 22.9 Å². The maximum absolute atomic E-state index is 13.0. The summed E-state index contributed by atoms with van der Waals surface area (Å²) in [5.41, 5.74) is -0.639. The quantitative estimate of drug-likeness (QED) is 0.798. The molecular formula is C10H7F7N2O3S. The molecule has 0 radical (unpaired) electrons. The maximum atomic E-state index is 13.0. The van der Waals surface area contributed by atoms with E-state index in [2.05, 4.69) is 0 Å². The van der Waals surface area contributed by atoms with Crippen LogP contribution in [0, 0.1) is 0 Å². The van der Waals surface area contributed by atoms with Gasteiger partial charge in [-0.15, -0.1) is 0 Å². The smallest absolute Gasteiger partial charge is 0.321 e. The van der Waals surface area contributed by atoms with Gasteiger partial charge >= 0.3 is 23.9 Å². The summed E-state index contributed by atoms with van der Waals surface area (Å²) < 4.78 is 109. The number of halogens is 7. The van der Waals surface area contributed by atoms with Crippen molar-refractivity contribution < 1.29 is 43.9 Å². The van der Waals surface area contributed by atoms with Crippen LogP contribution in [0.15, 0.2) is 29.2 Å². The number of nitrogens with two attached hydrogens (primary N) is 1. The van der Waals surface area contributed by atoms with Crippen LogP contribution in [0.4, 0.5) is 36.4 Å². The predicted octanol–water partition coefficient (Wildman–Crippen LogP) is 2.11. The molecule has 0 bridgehead atoms. The number of alkyl halides is 7. The second kappa shape index (κ2) is 5.63. The van der Waals surface area contributed by atoms with Crippen LogP contribution in [0.25, 0.3) is 0 Å². The van der Waals surface area contributed by atoms with Crippen molar-refractivity contribution in [1.82, 2.24) is 0 Å². The molecule has 0 spiro atoms. The number of sulfonamides is 1. The molecule has 1 rings (SSSR count). The summed E-state index contributed by atoms with van der Waals surface area (Å²) in [4.78, 5) is 10.5. The fourth-order valence-electron chi connectivity index (χ4n) is 1.26. The number of amides is 1. The van der Waals surface area contributed by atoms with Crippen molar-refractivity contribution in [1.29, 1.82) is 0 Å². The zero-order valence-electron chi connectivity index (χ0n) is 10.7. The number of anilines is 1. The molecule has 0 heterocycles. The summed E-state index contributed by atoms with van der Waals surface area (Å²) in [6, 6.07) is 2.81. The summed E-state index contributed by atoms with van der Waals surface area (Å²) in [6.45, 7) is 0. The van der Waals surface area contributed by atoms with E-state index in [1.165, 1.54) is 0 Å². The summed E-state index contributed by atoms with van der Waals surface area (Å²) >= 11 is 0. The molecular weight excluding hydrogens is 361 g/mol. The van der Waals surface area contributed by atoms with Gasteiger partial charge < -0.3 is 5.32 Å². The highest BCUT2D eigenvalue weighted by Crippen LogP contribution is 2.46. The van der Waals surface area contributed by atoms with Crippen LogP contribution < -0.4 is 10.5 Å². The van der Waals surface area contributed by atoms with Crippen molar-refractivity contribution in [3.8, 4) is 0 Å². The number of benzene rings is 1. The van der Waals surface area contributed by atoms with Crippen molar-refractivity contribution >= 4 is 21.6 Å². The van der Waals surface area contributed by atoms with E-state index in [0.717, 1.165) is 17.4 Å². The van der Waals surface area contributed by atoms with Gasteiger partial charge in [-0.1, -0.05) is 0 Å². The third-order valence-corrected chi connectivity index (χ3v) is 3.41. The standard InChI is InChI=1S/C10H7F7N2O3S/c11-8(12,9(13,14)10(15,16)17)7(20)19-5-1-3-6(4-2-5)23(18,21)22/h1-4H,(H,19,20)(H2,18,21,22). The van der Waals surface area contributed by atoms with Gasteiger partial charge in [-0.3, -0.25) is 4.79 Å². The van der Waals surface area contributed by atoms with E-state index in [1.807, 2.05) is 0 Å². The Bertz CT molecular complexity index is 698. The number of nitrogens with one attached hydrogen (secondary N) is 1. The van der Waals surface area contributed by atoms with E-state index in [4.69, 9.17) is 5.14 Å². The van der Waals surface area contributed by atoms with E-state index in [1.54, 1.807) is 0 Å². The van der Waals surface area contributed by atoms with Crippen LogP contribution in [-0.2, 0) is 14.8 Å². The maximum Gasteiger partial charge on any atom is 0.460 e. The highest BCUT2D eigenvalue weighted by Gasteiger charge is 2.76. The number of carbonyl (C=O) groups excluding carboxylic acids is 1. The van der Waals surface area contributed by atoms with Gasteiger partial charge in [0.1, 0.15) is 0 Å². The molecule has 1 aromatic rings. The highest BCUT2D eigenvalue weighted by molar-refractivity contribution is 7.89. The minimum absolute atomic E-state index is 0.497. The fraction of sp³-hybridized carbons (Fsp3) is 0.300. The third-order valence-electron chi connectivity index (χ3n) is 2.48. The van der Waals surface area contributed by atoms with Gasteiger partial charge in [0.2, 0.25) is 10.0 Å². The van der Waals surface area contributed by atoms with Crippen molar-refractivity contribution in [2.75, 3.05) is 5.32 Å². The Labute approximate surface area is 124 Å². The van der Waals surface area contributed by atoms with Crippen molar-refractivity contribution in [2.24, 2.45) is 5.14 Å². The lowest BCUT2D eigenvalue weighted by Crippen LogP contribution is -2.57. The fourth-order valence-corrected chi connectivity index (χ4v) is 1.77. The molecule has 0 aromatic heterocycles. The molecule has 23 heavy (non-hydrogen) atoms. The lowest BCUT2D eigenvalue weighted by atomic mass is 10.1. The van der Waals surface area contributed by atoms with E-state index in [9.17, 15) is 43.9 Å². The second-order valence-corrected chi connectivity index (χ2v) is 5.73. The summed E-state index contributed by atoms with van der Waals surface area (Å²) in [6.07, 6.45) is -6.65. The molecule has 1 aromatic carbocycles. The Morgan fingerprint density at radius 3 is 1.74 bits per heavy atom. The second-order valence-electron chi connectivity index (χ2n) is 4.17. The Balaban J connectivity index is 3.04. The third kappa shape index (κ3) is 3.72. The van der Waals surface area contributed by atoms with E-state index in [0.29, 0.717) is 12.1 Å². The first-order chi connectivity index (χ1) is 10.1. The Hall–Kier alpha value is -1.89. The zero-order valence-corrected chi connectivity index (χ0v) is 11.5. The average molecular weight is 368 g/mol. The monoisotopic (exact) mass is 368 g/mol. The topological polar surface area (TPSA) is 89.3 Å². The molecule has 0 saturated heterocycles. The molecule has 5 nitrogen and oxygen atoms in total.